The van der Waals surface area contributed by atoms with Crippen molar-refractivity contribution in [2.45, 2.75) is 26.4 Å². The van der Waals surface area contributed by atoms with Crippen LogP contribution in [0.1, 0.15) is 25.3 Å². The molecule has 1 rings (SSSR count). The lowest BCUT2D eigenvalue weighted by molar-refractivity contribution is -0.167. The summed E-state index contributed by atoms with van der Waals surface area (Å²) in [4.78, 5) is 0. The first kappa shape index (κ1) is 14.4. The zero-order valence-corrected chi connectivity index (χ0v) is 10.6. The lowest BCUT2D eigenvalue weighted by Gasteiger charge is -2.13. The van der Waals surface area contributed by atoms with E-state index in [2.05, 4.69) is 4.67 Å². The van der Waals surface area contributed by atoms with E-state index >= 15 is 0 Å². The summed E-state index contributed by atoms with van der Waals surface area (Å²) in [6, 6.07) is 9.16. The Morgan fingerprint density at radius 3 is 2.53 bits per heavy atom. The third-order valence-electron chi connectivity index (χ3n) is 2.08. The van der Waals surface area contributed by atoms with Crippen molar-refractivity contribution >= 4 is 7.82 Å². The van der Waals surface area contributed by atoms with Crippen molar-refractivity contribution in [3.8, 4) is 0 Å². The number of hydrogen-bond acceptors (Lipinski definition) is 5. The molecular weight excluding hydrogens is 243 g/mol. The SMILES string of the molecule is CCCCOP(=O)(OO)OCc1ccccc1. The first-order valence-electron chi connectivity index (χ1n) is 5.46. The van der Waals surface area contributed by atoms with Crippen LogP contribution < -0.4 is 0 Å². The molecule has 1 N–H and O–H groups in total. The average Bonchev–Trinajstić information content (AvgIpc) is 2.38. The van der Waals surface area contributed by atoms with E-state index in [9.17, 15) is 4.57 Å². The topological polar surface area (TPSA) is 65.0 Å². The van der Waals surface area contributed by atoms with Gasteiger partial charge in [0.2, 0.25) is 0 Å². The predicted molar refractivity (Wildman–Crippen MR) is 63.4 cm³/mol. The summed E-state index contributed by atoms with van der Waals surface area (Å²) in [6.07, 6.45) is 1.62. The molecule has 0 saturated heterocycles. The van der Waals surface area contributed by atoms with E-state index < -0.39 is 7.82 Å². The summed E-state index contributed by atoms with van der Waals surface area (Å²) in [7, 11) is -3.84. The van der Waals surface area contributed by atoms with Crippen LogP contribution in [0.25, 0.3) is 0 Å². The number of phosphoric acid groups is 1. The standard InChI is InChI=1S/C11H17O5P/c1-2-3-9-14-17(13,16-12)15-10-11-7-5-4-6-8-11/h4-8,12H,2-3,9-10H2,1H3. The zero-order valence-electron chi connectivity index (χ0n) is 9.74. The van der Waals surface area contributed by atoms with E-state index in [1.165, 1.54) is 0 Å². The van der Waals surface area contributed by atoms with Gasteiger partial charge in [-0.3, -0.25) is 9.05 Å². The third kappa shape index (κ3) is 5.44. The molecule has 0 radical (unpaired) electrons. The Balaban J connectivity index is 2.43. The summed E-state index contributed by atoms with van der Waals surface area (Å²) >= 11 is 0. The second-order valence-corrected chi connectivity index (χ2v) is 5.05. The highest BCUT2D eigenvalue weighted by atomic mass is 31.2. The Hall–Kier alpha value is -0.710. The Morgan fingerprint density at radius 2 is 1.94 bits per heavy atom. The highest BCUT2D eigenvalue weighted by Crippen LogP contribution is 2.49. The molecule has 17 heavy (non-hydrogen) atoms. The fraction of sp³-hybridized carbons (Fsp3) is 0.455. The number of hydrogen-bond donors (Lipinski definition) is 1. The molecule has 0 spiro atoms. The lowest BCUT2D eigenvalue weighted by Crippen LogP contribution is -2.00. The molecule has 0 bridgehead atoms. The summed E-state index contributed by atoms with van der Waals surface area (Å²) in [5.41, 5.74) is 0.823. The van der Waals surface area contributed by atoms with Gasteiger partial charge in [0.05, 0.1) is 13.2 Å². The zero-order chi connectivity index (χ0) is 12.6. The van der Waals surface area contributed by atoms with Crippen molar-refractivity contribution in [2.75, 3.05) is 6.61 Å². The minimum atomic E-state index is -3.84. The highest BCUT2D eigenvalue weighted by molar-refractivity contribution is 7.48. The molecule has 5 nitrogen and oxygen atoms in total. The van der Waals surface area contributed by atoms with Gasteiger partial charge < -0.3 is 0 Å². The number of benzene rings is 1. The van der Waals surface area contributed by atoms with E-state index in [-0.39, 0.29) is 13.2 Å². The third-order valence-corrected chi connectivity index (χ3v) is 3.22. The molecule has 6 heteroatoms. The molecule has 0 heterocycles. The second kappa shape index (κ2) is 7.58. The van der Waals surface area contributed by atoms with E-state index in [0.29, 0.717) is 0 Å². The van der Waals surface area contributed by atoms with Crippen molar-refractivity contribution in [1.82, 2.24) is 0 Å². The van der Waals surface area contributed by atoms with Gasteiger partial charge in [-0.05, 0) is 12.0 Å². The molecule has 96 valence electrons. The summed E-state index contributed by atoms with van der Waals surface area (Å²) in [5.74, 6) is 0. The van der Waals surface area contributed by atoms with Crippen LogP contribution in [0, 0.1) is 0 Å². The van der Waals surface area contributed by atoms with Crippen molar-refractivity contribution in [2.24, 2.45) is 0 Å². The van der Waals surface area contributed by atoms with Gasteiger partial charge in [0.25, 0.3) is 0 Å². The molecule has 1 atom stereocenters. The van der Waals surface area contributed by atoms with E-state index in [0.717, 1.165) is 18.4 Å². The van der Waals surface area contributed by atoms with Gasteiger partial charge in [0, 0.05) is 0 Å². The van der Waals surface area contributed by atoms with Crippen molar-refractivity contribution in [3.05, 3.63) is 35.9 Å². The van der Waals surface area contributed by atoms with Gasteiger partial charge in [0.15, 0.2) is 0 Å². The number of phosphoric ester groups is 1. The largest absolute Gasteiger partial charge is 0.502 e. The highest BCUT2D eigenvalue weighted by Gasteiger charge is 2.26. The van der Waals surface area contributed by atoms with Crippen molar-refractivity contribution in [1.29, 1.82) is 0 Å². The van der Waals surface area contributed by atoms with Crippen LogP contribution in [0.15, 0.2) is 30.3 Å². The van der Waals surface area contributed by atoms with Gasteiger partial charge in [0.1, 0.15) is 0 Å². The molecular formula is C11H17O5P. The summed E-state index contributed by atoms with van der Waals surface area (Å²) in [5, 5.41) is 8.55. The van der Waals surface area contributed by atoms with Crippen LogP contribution in [0.4, 0.5) is 0 Å². The Morgan fingerprint density at radius 1 is 1.24 bits per heavy atom. The van der Waals surface area contributed by atoms with Crippen LogP contribution in [0.5, 0.6) is 0 Å². The van der Waals surface area contributed by atoms with Gasteiger partial charge >= 0.3 is 7.82 Å². The van der Waals surface area contributed by atoms with Crippen LogP contribution in [0.3, 0.4) is 0 Å². The van der Waals surface area contributed by atoms with Crippen molar-refractivity contribution in [3.63, 3.8) is 0 Å². The average molecular weight is 260 g/mol. The van der Waals surface area contributed by atoms with Crippen LogP contribution in [-0.4, -0.2) is 11.9 Å². The van der Waals surface area contributed by atoms with Gasteiger partial charge in [-0.2, -0.15) is 0 Å². The van der Waals surface area contributed by atoms with Crippen molar-refractivity contribution < 1.29 is 23.5 Å². The van der Waals surface area contributed by atoms with Gasteiger partial charge in [-0.1, -0.05) is 43.7 Å². The molecule has 0 fully saturated rings. The molecule has 0 aromatic heterocycles. The van der Waals surface area contributed by atoms with E-state index in [1.54, 1.807) is 0 Å². The minimum absolute atomic E-state index is 0.0603. The molecule has 0 amide bonds. The maximum absolute atomic E-state index is 11.7. The van der Waals surface area contributed by atoms with Gasteiger partial charge in [-0.15, -0.1) is 4.67 Å². The Bertz CT molecular complexity index is 354. The summed E-state index contributed by atoms with van der Waals surface area (Å²) < 4.78 is 25.4. The fourth-order valence-corrected chi connectivity index (χ4v) is 1.96. The molecule has 1 aromatic carbocycles. The van der Waals surface area contributed by atoms with Gasteiger partial charge in [-0.25, -0.2) is 9.82 Å². The van der Waals surface area contributed by atoms with E-state index in [4.69, 9.17) is 14.3 Å². The predicted octanol–water partition coefficient (Wildman–Crippen LogP) is 3.62. The van der Waals surface area contributed by atoms with Crippen LogP contribution in [-0.2, 0) is 24.9 Å². The Kier molecular flexibility index (Phi) is 6.40. The number of unbranched alkanes of at least 4 members (excludes halogenated alkanes) is 1. The molecule has 1 unspecified atom stereocenters. The second-order valence-electron chi connectivity index (χ2n) is 3.47. The lowest BCUT2D eigenvalue weighted by atomic mass is 10.2. The quantitative estimate of drug-likeness (QED) is 0.334. The molecule has 1 aromatic rings. The molecule has 0 saturated carbocycles. The maximum Gasteiger partial charge on any atom is 0.502 e. The van der Waals surface area contributed by atoms with Crippen LogP contribution in [0.2, 0.25) is 0 Å². The maximum atomic E-state index is 11.7. The Labute approximate surface area is 101 Å². The summed E-state index contributed by atoms with van der Waals surface area (Å²) in [6.45, 7) is 2.26. The van der Waals surface area contributed by atoms with E-state index in [1.807, 2.05) is 37.3 Å². The number of rotatable bonds is 8. The first-order valence-corrected chi connectivity index (χ1v) is 6.92. The molecule has 0 aliphatic heterocycles. The molecule has 0 aliphatic carbocycles. The van der Waals surface area contributed by atoms with Crippen LogP contribution >= 0.6 is 7.82 Å². The monoisotopic (exact) mass is 260 g/mol. The fourth-order valence-electron chi connectivity index (χ4n) is 1.13. The normalized spacial score (nSPS) is 14.5. The molecule has 0 aliphatic rings. The first-order chi connectivity index (χ1) is 8.20. The smallest absolute Gasteiger partial charge is 0.285 e. The minimum Gasteiger partial charge on any atom is -0.285 e.